The van der Waals surface area contributed by atoms with Crippen molar-refractivity contribution in [3.8, 4) is 0 Å². The summed E-state index contributed by atoms with van der Waals surface area (Å²) in [6.07, 6.45) is 2.18. The van der Waals surface area contributed by atoms with Gasteiger partial charge < -0.3 is 25.8 Å². The molecule has 0 aromatic heterocycles. The van der Waals surface area contributed by atoms with Gasteiger partial charge in [0.2, 0.25) is 17.7 Å². The number of hydrogen-bond donors (Lipinski definition) is 3. The summed E-state index contributed by atoms with van der Waals surface area (Å²) in [5.41, 5.74) is 1.97. The number of amides is 3. The molecule has 4 atom stereocenters. The molecule has 2 aromatic carbocycles. The zero-order valence-electron chi connectivity index (χ0n) is 21.7. The molecule has 2 saturated heterocycles. The van der Waals surface area contributed by atoms with Crippen LogP contribution >= 0.6 is 12.4 Å². The van der Waals surface area contributed by atoms with E-state index in [9.17, 15) is 14.4 Å². The van der Waals surface area contributed by atoms with E-state index in [1.165, 1.54) is 0 Å². The number of benzene rings is 2. The number of likely N-dealkylation sites (N-methyl/N-ethyl adjacent to an activating group) is 2. The monoisotopic (exact) mass is 527 g/mol. The first-order valence-corrected chi connectivity index (χ1v) is 12.8. The second kappa shape index (κ2) is 13.0. The second-order valence-electron chi connectivity index (χ2n) is 9.88. The highest BCUT2D eigenvalue weighted by Gasteiger charge is 2.45. The molecule has 37 heavy (non-hydrogen) atoms. The average Bonchev–Trinajstić information content (AvgIpc) is 3.33. The van der Waals surface area contributed by atoms with E-state index in [4.69, 9.17) is 0 Å². The van der Waals surface area contributed by atoms with Crippen LogP contribution in [0.2, 0.25) is 0 Å². The molecule has 3 amide bonds. The first kappa shape index (κ1) is 28.6. The Morgan fingerprint density at radius 2 is 1.54 bits per heavy atom. The molecule has 2 fully saturated rings. The third-order valence-corrected chi connectivity index (χ3v) is 7.39. The smallest absolute Gasteiger partial charge is 0.247 e. The van der Waals surface area contributed by atoms with Gasteiger partial charge in [0.05, 0.1) is 12.1 Å². The fraction of sp³-hybridized carbons (Fsp3) is 0.464. The van der Waals surface area contributed by atoms with Crippen LogP contribution < -0.4 is 16.0 Å². The minimum atomic E-state index is -0.700. The summed E-state index contributed by atoms with van der Waals surface area (Å²) in [5, 5.41) is 9.07. The van der Waals surface area contributed by atoms with Gasteiger partial charge in [-0.2, -0.15) is 0 Å². The third-order valence-electron chi connectivity index (χ3n) is 7.39. The number of halogens is 1. The number of carbonyl (C=O) groups is 3. The number of fused-ring (bicyclic) bond motifs is 1. The number of rotatable bonds is 7. The van der Waals surface area contributed by atoms with Crippen molar-refractivity contribution >= 4 is 30.1 Å². The van der Waals surface area contributed by atoms with E-state index in [1.54, 1.807) is 18.9 Å². The average molecular weight is 528 g/mol. The van der Waals surface area contributed by atoms with Crippen molar-refractivity contribution in [2.75, 3.05) is 27.2 Å². The molecule has 0 saturated carbocycles. The van der Waals surface area contributed by atoms with E-state index in [-0.39, 0.29) is 42.2 Å². The molecule has 8 nitrogen and oxygen atoms in total. The summed E-state index contributed by atoms with van der Waals surface area (Å²) < 4.78 is 0. The Labute approximate surface area is 225 Å². The molecule has 2 heterocycles. The fourth-order valence-electron chi connectivity index (χ4n) is 5.21. The Morgan fingerprint density at radius 3 is 2.11 bits per heavy atom. The quantitative estimate of drug-likeness (QED) is 0.513. The lowest BCUT2D eigenvalue weighted by Gasteiger charge is -2.38. The Hall–Kier alpha value is -2.94. The zero-order valence-corrected chi connectivity index (χ0v) is 22.5. The molecular weight excluding hydrogens is 490 g/mol. The van der Waals surface area contributed by atoms with Gasteiger partial charge in [-0.3, -0.25) is 14.4 Å². The van der Waals surface area contributed by atoms with Gasteiger partial charge in [-0.25, -0.2) is 0 Å². The first-order valence-electron chi connectivity index (χ1n) is 12.8. The molecule has 2 aliphatic heterocycles. The van der Waals surface area contributed by atoms with Gasteiger partial charge in [-0.15, -0.1) is 12.4 Å². The van der Waals surface area contributed by atoms with Crippen molar-refractivity contribution in [3.05, 3.63) is 71.8 Å². The molecule has 0 radical (unpaired) electrons. The minimum absolute atomic E-state index is 0. The SMILES string of the molecule is CN[C@@H](C)C(=O)N[C@H]1CN(C)CC[C@H]2CC[C@@H](C(=O)NC(c3ccccc3)c3ccccc3)N2C1=O.Cl. The van der Waals surface area contributed by atoms with Crippen molar-refractivity contribution in [2.45, 2.75) is 56.4 Å². The van der Waals surface area contributed by atoms with E-state index in [0.29, 0.717) is 13.0 Å². The molecule has 3 N–H and O–H groups in total. The predicted octanol–water partition coefficient (Wildman–Crippen LogP) is 2.10. The summed E-state index contributed by atoms with van der Waals surface area (Å²) in [5.74, 6) is -0.572. The van der Waals surface area contributed by atoms with Crippen LogP contribution in [0.15, 0.2) is 60.7 Å². The topological polar surface area (TPSA) is 93.8 Å². The van der Waals surface area contributed by atoms with Crippen LogP contribution in [0.4, 0.5) is 0 Å². The Kier molecular flexibility index (Phi) is 10.1. The maximum atomic E-state index is 13.8. The molecule has 200 valence electrons. The maximum Gasteiger partial charge on any atom is 0.247 e. The van der Waals surface area contributed by atoms with Crippen LogP contribution in [-0.2, 0) is 14.4 Å². The molecule has 0 bridgehead atoms. The first-order chi connectivity index (χ1) is 17.4. The highest BCUT2D eigenvalue weighted by molar-refractivity contribution is 5.94. The zero-order chi connectivity index (χ0) is 25.7. The number of hydrogen-bond acceptors (Lipinski definition) is 5. The lowest BCUT2D eigenvalue weighted by atomic mass is 9.98. The molecule has 2 aliphatic rings. The summed E-state index contributed by atoms with van der Waals surface area (Å²) in [6, 6.07) is 17.7. The van der Waals surface area contributed by atoms with E-state index in [1.807, 2.05) is 67.7 Å². The van der Waals surface area contributed by atoms with Crippen molar-refractivity contribution in [1.29, 1.82) is 0 Å². The Morgan fingerprint density at radius 1 is 0.946 bits per heavy atom. The Bertz CT molecular complexity index is 1010. The summed E-state index contributed by atoms with van der Waals surface area (Å²) in [7, 11) is 3.68. The molecule has 0 unspecified atom stereocenters. The fourth-order valence-corrected chi connectivity index (χ4v) is 5.21. The van der Waals surface area contributed by atoms with Crippen molar-refractivity contribution in [2.24, 2.45) is 0 Å². The molecule has 0 spiro atoms. The summed E-state index contributed by atoms with van der Waals surface area (Å²) in [6.45, 7) is 2.97. The van der Waals surface area contributed by atoms with Gasteiger partial charge in [0.15, 0.2) is 0 Å². The number of nitrogens with zero attached hydrogens (tertiary/aromatic N) is 2. The maximum absolute atomic E-state index is 13.8. The molecule has 4 rings (SSSR count). The third kappa shape index (κ3) is 6.69. The highest BCUT2D eigenvalue weighted by atomic mass is 35.5. The normalized spacial score (nSPS) is 22.9. The highest BCUT2D eigenvalue weighted by Crippen LogP contribution is 2.30. The van der Waals surface area contributed by atoms with Crippen LogP contribution in [-0.4, -0.2) is 78.9 Å². The van der Waals surface area contributed by atoms with Crippen molar-refractivity contribution < 1.29 is 14.4 Å². The second-order valence-corrected chi connectivity index (χ2v) is 9.88. The van der Waals surface area contributed by atoms with Crippen LogP contribution in [0.25, 0.3) is 0 Å². The van der Waals surface area contributed by atoms with Gasteiger partial charge in [-0.1, -0.05) is 60.7 Å². The van der Waals surface area contributed by atoms with Crippen LogP contribution in [0.1, 0.15) is 43.4 Å². The summed E-state index contributed by atoms with van der Waals surface area (Å²) >= 11 is 0. The van der Waals surface area contributed by atoms with E-state index >= 15 is 0 Å². The molecular formula is C28H38ClN5O3. The molecule has 9 heteroatoms. The van der Waals surface area contributed by atoms with E-state index in [2.05, 4.69) is 20.9 Å². The van der Waals surface area contributed by atoms with Crippen LogP contribution in [0.3, 0.4) is 0 Å². The van der Waals surface area contributed by atoms with Gasteiger partial charge in [0.25, 0.3) is 0 Å². The minimum Gasteiger partial charge on any atom is -0.343 e. The van der Waals surface area contributed by atoms with Gasteiger partial charge in [0.1, 0.15) is 12.1 Å². The van der Waals surface area contributed by atoms with Gasteiger partial charge in [-0.05, 0) is 58.0 Å². The number of carbonyl (C=O) groups excluding carboxylic acids is 3. The predicted molar refractivity (Wildman–Crippen MR) is 146 cm³/mol. The van der Waals surface area contributed by atoms with E-state index < -0.39 is 18.1 Å². The summed E-state index contributed by atoms with van der Waals surface area (Å²) in [4.78, 5) is 44.0. The standard InChI is InChI=1S/C28H37N5O3.ClH/c1-19(29-2)26(34)30-23-18-32(3)17-16-22-14-15-24(33(22)28(23)36)27(35)31-25(20-10-6-4-7-11-20)21-12-8-5-9-13-21;/h4-13,19,22-25,29H,14-18H2,1-3H3,(H,30,34)(H,31,35);1H/t19-,22+,23-,24-;/m0./s1. The van der Waals surface area contributed by atoms with Crippen LogP contribution in [0, 0.1) is 0 Å². The van der Waals surface area contributed by atoms with Gasteiger partial charge >= 0.3 is 0 Å². The van der Waals surface area contributed by atoms with Crippen molar-refractivity contribution in [3.63, 3.8) is 0 Å². The van der Waals surface area contributed by atoms with Gasteiger partial charge in [0, 0.05) is 12.6 Å². The lowest BCUT2D eigenvalue weighted by Crippen LogP contribution is -2.61. The van der Waals surface area contributed by atoms with E-state index in [0.717, 1.165) is 30.5 Å². The Balaban J connectivity index is 0.00000380. The largest absolute Gasteiger partial charge is 0.343 e. The number of nitrogens with one attached hydrogen (secondary N) is 3. The van der Waals surface area contributed by atoms with Crippen molar-refractivity contribution in [1.82, 2.24) is 25.8 Å². The molecule has 2 aromatic rings. The lowest BCUT2D eigenvalue weighted by molar-refractivity contribution is -0.145. The van der Waals surface area contributed by atoms with Crippen LogP contribution in [0.5, 0.6) is 0 Å². The molecule has 0 aliphatic carbocycles.